The van der Waals surface area contributed by atoms with Crippen LogP contribution in [-0.2, 0) is 0 Å². The molecule has 2 rings (SSSR count). The third kappa shape index (κ3) is 2.63. The van der Waals surface area contributed by atoms with Crippen LogP contribution in [0.3, 0.4) is 0 Å². The lowest BCUT2D eigenvalue weighted by molar-refractivity contribution is 0.0693. The summed E-state index contributed by atoms with van der Waals surface area (Å²) in [6, 6.07) is 9.37. The third-order valence-corrected chi connectivity index (χ3v) is 2.89. The molecule has 1 N–H and O–H groups in total. The molecule has 0 saturated heterocycles. The minimum absolute atomic E-state index is 0.0109. The van der Waals surface area contributed by atoms with Gasteiger partial charge in [0, 0.05) is 11.1 Å². The molecule has 2 aromatic carbocycles. The molecule has 0 amide bonds. The van der Waals surface area contributed by atoms with Crippen molar-refractivity contribution in [3.05, 3.63) is 70.0 Å². The Kier molecular flexibility index (Phi) is 3.62. The Bertz CT molecular complexity index is 667. The number of carboxylic acids is 1. The molecular formula is C14H8ClFO3. The van der Waals surface area contributed by atoms with Crippen LogP contribution < -0.4 is 0 Å². The van der Waals surface area contributed by atoms with Crippen LogP contribution in [0.5, 0.6) is 0 Å². The van der Waals surface area contributed by atoms with Crippen molar-refractivity contribution in [2.45, 2.75) is 0 Å². The lowest BCUT2D eigenvalue weighted by atomic mass is 9.98. The summed E-state index contributed by atoms with van der Waals surface area (Å²) >= 11 is 5.53. The summed E-state index contributed by atoms with van der Waals surface area (Å²) in [7, 11) is 0. The average Bonchev–Trinajstić information content (AvgIpc) is 2.41. The number of aromatic carboxylic acids is 1. The predicted octanol–water partition coefficient (Wildman–Crippen LogP) is 3.41. The zero-order valence-electron chi connectivity index (χ0n) is 9.56. The Morgan fingerprint density at radius 1 is 1.05 bits per heavy atom. The summed E-state index contributed by atoms with van der Waals surface area (Å²) in [4.78, 5) is 23.2. The van der Waals surface area contributed by atoms with Gasteiger partial charge in [0.15, 0.2) is 5.78 Å². The first kappa shape index (κ1) is 13.2. The molecule has 0 atom stereocenters. The molecule has 0 aliphatic rings. The van der Waals surface area contributed by atoms with Gasteiger partial charge in [0.1, 0.15) is 5.82 Å². The van der Waals surface area contributed by atoms with Gasteiger partial charge in [-0.25, -0.2) is 9.18 Å². The summed E-state index contributed by atoms with van der Waals surface area (Å²) in [5, 5.41) is 8.92. The summed E-state index contributed by atoms with van der Waals surface area (Å²) in [5.41, 5.74) is -0.0600. The van der Waals surface area contributed by atoms with Crippen LogP contribution in [0.1, 0.15) is 26.3 Å². The quantitative estimate of drug-likeness (QED) is 0.876. The summed E-state index contributed by atoms with van der Waals surface area (Å²) in [6.45, 7) is 0. The zero-order chi connectivity index (χ0) is 14.0. The van der Waals surface area contributed by atoms with Crippen molar-refractivity contribution in [3.63, 3.8) is 0 Å². The number of carboxylic acid groups (broad SMARTS) is 1. The second-order valence-electron chi connectivity index (χ2n) is 3.81. The van der Waals surface area contributed by atoms with Crippen molar-refractivity contribution >= 4 is 23.4 Å². The molecule has 0 spiro atoms. The van der Waals surface area contributed by atoms with E-state index < -0.39 is 17.6 Å². The van der Waals surface area contributed by atoms with Crippen molar-refractivity contribution < 1.29 is 19.1 Å². The number of rotatable bonds is 3. The Balaban J connectivity index is 2.50. The molecule has 96 valence electrons. The van der Waals surface area contributed by atoms with Crippen LogP contribution in [0.2, 0.25) is 5.02 Å². The predicted molar refractivity (Wildman–Crippen MR) is 68.2 cm³/mol. The van der Waals surface area contributed by atoms with Gasteiger partial charge < -0.3 is 5.11 Å². The van der Waals surface area contributed by atoms with Crippen LogP contribution in [0.25, 0.3) is 0 Å². The molecule has 0 aromatic heterocycles. The maximum absolute atomic E-state index is 13.3. The normalized spacial score (nSPS) is 10.2. The minimum Gasteiger partial charge on any atom is -0.478 e. The van der Waals surface area contributed by atoms with Gasteiger partial charge in [-0.05, 0) is 24.3 Å². The molecule has 19 heavy (non-hydrogen) atoms. The Morgan fingerprint density at radius 3 is 2.26 bits per heavy atom. The molecule has 0 fully saturated rings. The van der Waals surface area contributed by atoms with Gasteiger partial charge >= 0.3 is 5.97 Å². The highest BCUT2D eigenvalue weighted by Gasteiger charge is 2.18. The van der Waals surface area contributed by atoms with E-state index in [0.717, 1.165) is 6.07 Å². The lowest BCUT2D eigenvalue weighted by Crippen LogP contribution is -2.09. The highest BCUT2D eigenvalue weighted by molar-refractivity contribution is 6.31. The highest BCUT2D eigenvalue weighted by atomic mass is 35.5. The zero-order valence-corrected chi connectivity index (χ0v) is 10.3. The van der Waals surface area contributed by atoms with Gasteiger partial charge in [-0.2, -0.15) is 0 Å². The molecule has 0 radical (unpaired) electrons. The first-order chi connectivity index (χ1) is 9.00. The van der Waals surface area contributed by atoms with Crippen LogP contribution in [0.4, 0.5) is 4.39 Å². The van der Waals surface area contributed by atoms with Crippen molar-refractivity contribution in [2.24, 2.45) is 0 Å². The Hall–Kier alpha value is -2.20. The number of ketones is 1. The summed E-state index contributed by atoms with van der Waals surface area (Å²) < 4.78 is 13.3. The molecule has 3 nitrogen and oxygen atoms in total. The van der Waals surface area contributed by atoms with Crippen molar-refractivity contribution in [1.29, 1.82) is 0 Å². The van der Waals surface area contributed by atoms with Crippen molar-refractivity contribution in [3.8, 4) is 0 Å². The van der Waals surface area contributed by atoms with Gasteiger partial charge in [-0.15, -0.1) is 0 Å². The maximum Gasteiger partial charge on any atom is 0.336 e. The number of benzene rings is 2. The maximum atomic E-state index is 13.3. The third-order valence-electron chi connectivity index (χ3n) is 2.58. The topological polar surface area (TPSA) is 54.4 Å². The van der Waals surface area contributed by atoms with Crippen molar-refractivity contribution in [2.75, 3.05) is 0 Å². The Labute approximate surface area is 113 Å². The second-order valence-corrected chi connectivity index (χ2v) is 4.22. The smallest absolute Gasteiger partial charge is 0.336 e. The molecular weight excluding hydrogens is 271 g/mol. The van der Waals surface area contributed by atoms with Gasteiger partial charge in [-0.1, -0.05) is 29.8 Å². The highest BCUT2D eigenvalue weighted by Crippen LogP contribution is 2.19. The van der Waals surface area contributed by atoms with E-state index in [-0.39, 0.29) is 21.7 Å². The Morgan fingerprint density at radius 2 is 1.68 bits per heavy atom. The molecule has 0 aliphatic heterocycles. The molecule has 0 saturated carbocycles. The molecule has 0 unspecified atom stereocenters. The van der Waals surface area contributed by atoms with Crippen LogP contribution in [-0.4, -0.2) is 16.9 Å². The molecule has 2 aromatic rings. The van der Waals surface area contributed by atoms with Gasteiger partial charge in [0.2, 0.25) is 0 Å². The molecule has 0 heterocycles. The molecule has 0 aliphatic carbocycles. The van der Waals surface area contributed by atoms with E-state index in [0.29, 0.717) is 0 Å². The van der Waals surface area contributed by atoms with E-state index >= 15 is 0 Å². The van der Waals surface area contributed by atoms with E-state index in [1.165, 1.54) is 30.3 Å². The van der Waals surface area contributed by atoms with Crippen LogP contribution >= 0.6 is 11.6 Å². The largest absolute Gasteiger partial charge is 0.478 e. The molecule has 0 bridgehead atoms. The van der Waals surface area contributed by atoms with Crippen molar-refractivity contribution in [1.82, 2.24) is 0 Å². The number of carbonyl (C=O) groups excluding carboxylic acids is 1. The van der Waals surface area contributed by atoms with E-state index in [1.807, 2.05) is 0 Å². The van der Waals surface area contributed by atoms with Crippen LogP contribution in [0.15, 0.2) is 42.5 Å². The SMILES string of the molecule is O=C(O)c1ccccc1C(=O)c1ccc(Cl)c(F)c1. The van der Waals surface area contributed by atoms with E-state index in [2.05, 4.69) is 0 Å². The number of carbonyl (C=O) groups is 2. The summed E-state index contributed by atoms with van der Waals surface area (Å²) in [5.74, 6) is -2.49. The standard InChI is InChI=1S/C14H8ClFO3/c15-11-6-5-8(7-12(11)16)13(17)9-3-1-2-4-10(9)14(18)19/h1-7H,(H,18,19). The fourth-order valence-corrected chi connectivity index (χ4v) is 1.78. The number of hydrogen-bond acceptors (Lipinski definition) is 2. The fraction of sp³-hybridized carbons (Fsp3) is 0. The number of halogens is 2. The first-order valence-electron chi connectivity index (χ1n) is 5.33. The molecule has 5 heteroatoms. The van der Waals surface area contributed by atoms with E-state index in [4.69, 9.17) is 16.7 Å². The van der Waals surface area contributed by atoms with E-state index in [9.17, 15) is 14.0 Å². The lowest BCUT2D eigenvalue weighted by Gasteiger charge is -2.05. The second kappa shape index (κ2) is 5.20. The van der Waals surface area contributed by atoms with Gasteiger partial charge in [0.25, 0.3) is 0 Å². The first-order valence-corrected chi connectivity index (χ1v) is 5.70. The monoisotopic (exact) mass is 278 g/mol. The van der Waals surface area contributed by atoms with Crippen LogP contribution in [0, 0.1) is 5.82 Å². The number of hydrogen-bond donors (Lipinski definition) is 1. The summed E-state index contributed by atoms with van der Waals surface area (Å²) in [6.07, 6.45) is 0. The average molecular weight is 279 g/mol. The van der Waals surface area contributed by atoms with E-state index in [1.54, 1.807) is 6.07 Å². The van der Waals surface area contributed by atoms with Gasteiger partial charge in [0.05, 0.1) is 10.6 Å². The fourth-order valence-electron chi connectivity index (χ4n) is 1.66. The minimum atomic E-state index is -1.21. The van der Waals surface area contributed by atoms with Gasteiger partial charge in [-0.3, -0.25) is 4.79 Å².